The van der Waals surface area contributed by atoms with Crippen LogP contribution in [0.25, 0.3) is 0 Å². The quantitative estimate of drug-likeness (QED) is 0.866. The number of aliphatic hydroxyl groups is 1. The Morgan fingerprint density at radius 3 is 2.89 bits per heavy atom. The van der Waals surface area contributed by atoms with Crippen molar-refractivity contribution in [1.29, 1.82) is 0 Å². The van der Waals surface area contributed by atoms with Crippen LogP contribution in [0.2, 0.25) is 0 Å². The summed E-state index contributed by atoms with van der Waals surface area (Å²) in [6.07, 6.45) is 1.81. The molecule has 0 aromatic heterocycles. The van der Waals surface area contributed by atoms with E-state index in [9.17, 15) is 9.90 Å². The number of carbonyl (C=O) groups is 1. The van der Waals surface area contributed by atoms with Crippen molar-refractivity contribution in [3.8, 4) is 0 Å². The number of hydrogen-bond donors (Lipinski definition) is 1. The van der Waals surface area contributed by atoms with Crippen LogP contribution in [-0.2, 0) is 11.2 Å². The van der Waals surface area contributed by atoms with Gasteiger partial charge >= 0.3 is 0 Å². The number of hydrogen-bond acceptors (Lipinski definition) is 2. The van der Waals surface area contributed by atoms with E-state index < -0.39 is 0 Å². The minimum atomic E-state index is -0.346. The Kier molecular flexibility index (Phi) is 4.02. The minimum Gasteiger partial charge on any atom is -0.391 e. The van der Waals surface area contributed by atoms with Gasteiger partial charge in [0.05, 0.1) is 12.5 Å². The van der Waals surface area contributed by atoms with Gasteiger partial charge in [0, 0.05) is 13.1 Å². The molecule has 1 aliphatic rings. The van der Waals surface area contributed by atoms with Crippen LogP contribution in [0.15, 0.2) is 18.2 Å². The molecular formula is C15H21NO2. The molecule has 18 heavy (non-hydrogen) atoms. The van der Waals surface area contributed by atoms with E-state index in [-0.39, 0.29) is 12.0 Å². The molecule has 1 aromatic carbocycles. The van der Waals surface area contributed by atoms with Crippen molar-refractivity contribution in [3.05, 3.63) is 34.9 Å². The standard InChI is InChI=1S/C15H21NO2/c1-11-5-6-13(12(2)8-11)9-15(18)16-7-3-4-14(17)10-16/h5-6,8,14,17H,3-4,7,9-10H2,1-2H3. The average molecular weight is 247 g/mol. The fourth-order valence-electron chi connectivity index (χ4n) is 2.50. The van der Waals surface area contributed by atoms with Crippen molar-refractivity contribution in [2.45, 2.75) is 39.2 Å². The highest BCUT2D eigenvalue weighted by Gasteiger charge is 2.22. The molecule has 98 valence electrons. The second-order valence-electron chi connectivity index (χ2n) is 5.24. The van der Waals surface area contributed by atoms with Crippen LogP contribution in [0.1, 0.15) is 29.5 Å². The Morgan fingerprint density at radius 2 is 2.22 bits per heavy atom. The number of β-amino-alcohol motifs (C(OH)–C–C–N with tert-alkyl or cyclic N) is 1. The number of nitrogens with zero attached hydrogens (tertiary/aromatic N) is 1. The smallest absolute Gasteiger partial charge is 0.227 e. The molecule has 1 amide bonds. The van der Waals surface area contributed by atoms with Gasteiger partial charge in [-0.2, -0.15) is 0 Å². The van der Waals surface area contributed by atoms with Gasteiger partial charge < -0.3 is 10.0 Å². The van der Waals surface area contributed by atoms with Gasteiger partial charge in [-0.25, -0.2) is 0 Å². The number of benzene rings is 1. The van der Waals surface area contributed by atoms with Gasteiger partial charge in [0.2, 0.25) is 5.91 Å². The number of likely N-dealkylation sites (tertiary alicyclic amines) is 1. The van der Waals surface area contributed by atoms with Crippen LogP contribution < -0.4 is 0 Å². The zero-order valence-corrected chi connectivity index (χ0v) is 11.1. The molecule has 1 N–H and O–H groups in total. The Labute approximate surface area is 108 Å². The van der Waals surface area contributed by atoms with Gasteiger partial charge in [-0.1, -0.05) is 23.8 Å². The SMILES string of the molecule is Cc1ccc(CC(=O)N2CCCC(O)C2)c(C)c1. The molecule has 1 fully saturated rings. The number of aryl methyl sites for hydroxylation is 2. The third-order valence-corrected chi connectivity index (χ3v) is 3.59. The summed E-state index contributed by atoms with van der Waals surface area (Å²) in [5.74, 6) is 0.126. The summed E-state index contributed by atoms with van der Waals surface area (Å²) < 4.78 is 0. The molecule has 0 aliphatic carbocycles. The first-order chi connectivity index (χ1) is 8.56. The summed E-state index contributed by atoms with van der Waals surface area (Å²) >= 11 is 0. The Hall–Kier alpha value is -1.35. The third-order valence-electron chi connectivity index (χ3n) is 3.59. The Balaban J connectivity index is 2.02. The van der Waals surface area contributed by atoms with Gasteiger partial charge in [0.15, 0.2) is 0 Å². The topological polar surface area (TPSA) is 40.5 Å². The fraction of sp³-hybridized carbons (Fsp3) is 0.533. The van der Waals surface area contributed by atoms with Gasteiger partial charge in [0.25, 0.3) is 0 Å². The lowest BCUT2D eigenvalue weighted by Gasteiger charge is -2.30. The maximum atomic E-state index is 12.2. The monoisotopic (exact) mass is 247 g/mol. The normalized spacial score (nSPS) is 19.9. The maximum Gasteiger partial charge on any atom is 0.227 e. The lowest BCUT2D eigenvalue weighted by Crippen LogP contribution is -2.42. The number of piperidine rings is 1. The molecule has 0 spiro atoms. The van der Waals surface area contributed by atoms with E-state index in [4.69, 9.17) is 0 Å². The molecule has 1 atom stereocenters. The van der Waals surface area contributed by atoms with Crippen molar-refractivity contribution in [2.24, 2.45) is 0 Å². The number of aliphatic hydroxyl groups excluding tert-OH is 1. The summed E-state index contributed by atoms with van der Waals surface area (Å²) in [4.78, 5) is 14.0. The van der Waals surface area contributed by atoms with Crippen molar-refractivity contribution < 1.29 is 9.90 Å². The Morgan fingerprint density at radius 1 is 1.44 bits per heavy atom. The van der Waals surface area contributed by atoms with Crippen LogP contribution in [0.5, 0.6) is 0 Å². The third kappa shape index (κ3) is 3.10. The largest absolute Gasteiger partial charge is 0.391 e. The van der Waals surface area contributed by atoms with Crippen LogP contribution in [-0.4, -0.2) is 35.1 Å². The lowest BCUT2D eigenvalue weighted by atomic mass is 10.0. The maximum absolute atomic E-state index is 12.2. The number of carbonyl (C=O) groups excluding carboxylic acids is 1. The molecular weight excluding hydrogens is 226 g/mol. The van der Waals surface area contributed by atoms with Gasteiger partial charge in [-0.15, -0.1) is 0 Å². The molecule has 1 unspecified atom stereocenters. The van der Waals surface area contributed by atoms with E-state index in [0.717, 1.165) is 24.9 Å². The van der Waals surface area contributed by atoms with E-state index in [1.54, 1.807) is 4.90 Å². The number of rotatable bonds is 2. The molecule has 0 radical (unpaired) electrons. The molecule has 1 saturated heterocycles. The highest BCUT2D eigenvalue weighted by molar-refractivity contribution is 5.79. The van der Waals surface area contributed by atoms with Gasteiger partial charge in [0.1, 0.15) is 0 Å². The zero-order valence-electron chi connectivity index (χ0n) is 11.1. The molecule has 0 bridgehead atoms. The van der Waals surface area contributed by atoms with E-state index in [1.165, 1.54) is 11.1 Å². The summed E-state index contributed by atoms with van der Waals surface area (Å²) in [5, 5.41) is 9.59. The van der Waals surface area contributed by atoms with E-state index in [0.29, 0.717) is 13.0 Å². The molecule has 1 aliphatic heterocycles. The van der Waals surface area contributed by atoms with Gasteiger partial charge in [-0.05, 0) is 37.8 Å². The van der Waals surface area contributed by atoms with Gasteiger partial charge in [-0.3, -0.25) is 4.79 Å². The minimum absolute atomic E-state index is 0.126. The summed E-state index contributed by atoms with van der Waals surface area (Å²) in [6.45, 7) is 5.37. The highest BCUT2D eigenvalue weighted by Crippen LogP contribution is 2.15. The first-order valence-corrected chi connectivity index (χ1v) is 6.58. The first-order valence-electron chi connectivity index (χ1n) is 6.58. The summed E-state index contributed by atoms with van der Waals surface area (Å²) in [7, 11) is 0. The molecule has 1 heterocycles. The lowest BCUT2D eigenvalue weighted by molar-refractivity contribution is -0.133. The average Bonchev–Trinajstić information content (AvgIpc) is 2.32. The molecule has 0 saturated carbocycles. The molecule has 3 heteroatoms. The highest BCUT2D eigenvalue weighted by atomic mass is 16.3. The molecule has 1 aromatic rings. The van der Waals surface area contributed by atoms with Crippen molar-refractivity contribution >= 4 is 5.91 Å². The van der Waals surface area contributed by atoms with Crippen molar-refractivity contribution in [3.63, 3.8) is 0 Å². The van der Waals surface area contributed by atoms with Crippen LogP contribution in [0.4, 0.5) is 0 Å². The second-order valence-corrected chi connectivity index (χ2v) is 5.24. The predicted molar refractivity (Wildman–Crippen MR) is 71.4 cm³/mol. The Bertz CT molecular complexity index is 442. The molecule has 3 nitrogen and oxygen atoms in total. The summed E-state index contributed by atoms with van der Waals surface area (Å²) in [6, 6.07) is 6.18. The first kappa shape index (κ1) is 13.1. The van der Waals surface area contributed by atoms with Crippen molar-refractivity contribution in [2.75, 3.05) is 13.1 Å². The van der Waals surface area contributed by atoms with Crippen LogP contribution >= 0.6 is 0 Å². The van der Waals surface area contributed by atoms with E-state index >= 15 is 0 Å². The zero-order chi connectivity index (χ0) is 13.1. The predicted octanol–water partition coefficient (Wildman–Crippen LogP) is 1.83. The van der Waals surface area contributed by atoms with E-state index in [1.807, 2.05) is 19.1 Å². The van der Waals surface area contributed by atoms with Crippen LogP contribution in [0.3, 0.4) is 0 Å². The van der Waals surface area contributed by atoms with E-state index in [2.05, 4.69) is 13.0 Å². The number of amides is 1. The van der Waals surface area contributed by atoms with Crippen LogP contribution in [0, 0.1) is 13.8 Å². The summed E-state index contributed by atoms with van der Waals surface area (Å²) in [5.41, 5.74) is 3.48. The molecule has 2 rings (SSSR count). The fourth-order valence-corrected chi connectivity index (χ4v) is 2.50. The van der Waals surface area contributed by atoms with Crippen molar-refractivity contribution in [1.82, 2.24) is 4.90 Å². The second kappa shape index (κ2) is 5.53.